The third-order valence-electron chi connectivity index (χ3n) is 3.95. The van der Waals surface area contributed by atoms with Gasteiger partial charge in [-0.05, 0) is 53.0 Å². The van der Waals surface area contributed by atoms with Gasteiger partial charge in [0.15, 0.2) is 0 Å². The van der Waals surface area contributed by atoms with Gasteiger partial charge in [-0.2, -0.15) is 0 Å². The summed E-state index contributed by atoms with van der Waals surface area (Å²) in [6.45, 7) is 6.23. The summed E-state index contributed by atoms with van der Waals surface area (Å²) in [6.07, 6.45) is 2.37. The summed E-state index contributed by atoms with van der Waals surface area (Å²) in [5, 5.41) is 3.57. The molecule has 0 bridgehead atoms. The first-order valence-electron chi connectivity index (χ1n) is 7.74. The SMILES string of the molecule is COc1cc2c(cc1CNC(C)CCN(C)C)OC(C)C2. The molecule has 1 N–H and O–H groups in total. The Hall–Kier alpha value is -1.26. The standard InChI is InChI=1S/C17H28N2O2/c1-12(6-7-19(3)4)18-11-15-10-17-14(8-13(2)21-17)9-16(15)20-5/h9-10,12-13,18H,6-8,11H2,1-5H3. The van der Waals surface area contributed by atoms with E-state index in [1.54, 1.807) is 7.11 Å². The maximum atomic E-state index is 5.84. The molecule has 118 valence electrons. The van der Waals surface area contributed by atoms with E-state index in [0.717, 1.165) is 37.4 Å². The van der Waals surface area contributed by atoms with Crippen molar-refractivity contribution in [2.75, 3.05) is 27.7 Å². The third-order valence-corrected chi connectivity index (χ3v) is 3.95. The summed E-state index contributed by atoms with van der Waals surface area (Å²) < 4.78 is 11.4. The molecule has 1 aromatic carbocycles. The van der Waals surface area contributed by atoms with Crippen molar-refractivity contribution < 1.29 is 9.47 Å². The van der Waals surface area contributed by atoms with Gasteiger partial charge in [0, 0.05) is 30.1 Å². The van der Waals surface area contributed by atoms with Crippen LogP contribution in [0.5, 0.6) is 11.5 Å². The summed E-state index contributed by atoms with van der Waals surface area (Å²) in [7, 11) is 5.95. The van der Waals surface area contributed by atoms with Gasteiger partial charge in [-0.1, -0.05) is 0 Å². The lowest BCUT2D eigenvalue weighted by molar-refractivity contribution is 0.254. The van der Waals surface area contributed by atoms with E-state index >= 15 is 0 Å². The zero-order chi connectivity index (χ0) is 15.4. The second-order valence-corrected chi connectivity index (χ2v) is 6.28. The average Bonchev–Trinajstić information content (AvgIpc) is 2.80. The topological polar surface area (TPSA) is 33.7 Å². The highest BCUT2D eigenvalue weighted by Gasteiger charge is 2.21. The maximum absolute atomic E-state index is 5.84. The van der Waals surface area contributed by atoms with Crippen LogP contribution in [0.3, 0.4) is 0 Å². The van der Waals surface area contributed by atoms with Gasteiger partial charge in [0.25, 0.3) is 0 Å². The molecule has 2 rings (SSSR count). The minimum absolute atomic E-state index is 0.270. The van der Waals surface area contributed by atoms with Gasteiger partial charge in [0.05, 0.1) is 7.11 Å². The number of methoxy groups -OCH3 is 1. The predicted octanol–water partition coefficient (Wildman–Crippen LogP) is 2.45. The van der Waals surface area contributed by atoms with Crippen molar-refractivity contribution in [3.63, 3.8) is 0 Å². The van der Waals surface area contributed by atoms with Crippen LogP contribution in [0.2, 0.25) is 0 Å². The molecule has 0 aliphatic carbocycles. The Balaban J connectivity index is 1.98. The highest BCUT2D eigenvalue weighted by Crippen LogP contribution is 2.34. The summed E-state index contributed by atoms with van der Waals surface area (Å²) >= 11 is 0. The van der Waals surface area contributed by atoms with Crippen molar-refractivity contribution in [1.82, 2.24) is 10.2 Å². The molecule has 4 nitrogen and oxygen atoms in total. The molecule has 0 amide bonds. The quantitative estimate of drug-likeness (QED) is 0.837. The first-order valence-corrected chi connectivity index (χ1v) is 7.74. The van der Waals surface area contributed by atoms with Crippen molar-refractivity contribution >= 4 is 0 Å². The van der Waals surface area contributed by atoms with Gasteiger partial charge >= 0.3 is 0 Å². The van der Waals surface area contributed by atoms with Crippen LogP contribution in [0.1, 0.15) is 31.4 Å². The maximum Gasteiger partial charge on any atom is 0.123 e. The summed E-state index contributed by atoms with van der Waals surface area (Å²) in [5.74, 6) is 1.97. The molecule has 4 heteroatoms. The number of rotatable bonds is 7. The fourth-order valence-electron chi connectivity index (χ4n) is 2.65. The summed E-state index contributed by atoms with van der Waals surface area (Å²) in [6, 6.07) is 4.73. The molecule has 1 aromatic rings. The normalized spacial score (nSPS) is 18.5. The lowest BCUT2D eigenvalue weighted by Gasteiger charge is -2.18. The average molecular weight is 292 g/mol. The molecule has 0 spiro atoms. The minimum Gasteiger partial charge on any atom is -0.496 e. The van der Waals surface area contributed by atoms with Crippen LogP contribution in [0.4, 0.5) is 0 Å². The van der Waals surface area contributed by atoms with Crippen molar-refractivity contribution in [1.29, 1.82) is 0 Å². The van der Waals surface area contributed by atoms with E-state index in [-0.39, 0.29) is 6.10 Å². The van der Waals surface area contributed by atoms with Crippen LogP contribution in [0.15, 0.2) is 12.1 Å². The number of nitrogens with one attached hydrogen (secondary N) is 1. The fourth-order valence-corrected chi connectivity index (χ4v) is 2.65. The Labute approximate surface area is 128 Å². The molecule has 1 heterocycles. The van der Waals surface area contributed by atoms with E-state index in [0.29, 0.717) is 6.04 Å². The Kier molecular flexibility index (Phi) is 5.48. The molecule has 0 radical (unpaired) electrons. The Morgan fingerprint density at radius 2 is 2.19 bits per heavy atom. The van der Waals surface area contributed by atoms with Crippen molar-refractivity contribution in [3.05, 3.63) is 23.3 Å². The Morgan fingerprint density at radius 1 is 1.43 bits per heavy atom. The van der Waals surface area contributed by atoms with Crippen molar-refractivity contribution in [2.45, 2.75) is 45.4 Å². The highest BCUT2D eigenvalue weighted by molar-refractivity contribution is 5.48. The zero-order valence-corrected chi connectivity index (χ0v) is 13.9. The highest BCUT2D eigenvalue weighted by atomic mass is 16.5. The smallest absolute Gasteiger partial charge is 0.123 e. The minimum atomic E-state index is 0.270. The van der Waals surface area contributed by atoms with Crippen LogP contribution in [0, 0.1) is 0 Å². The third kappa shape index (κ3) is 4.35. The fraction of sp³-hybridized carbons (Fsp3) is 0.647. The molecule has 1 aliphatic rings. The summed E-state index contributed by atoms with van der Waals surface area (Å²) in [4.78, 5) is 2.21. The second kappa shape index (κ2) is 7.14. The van der Waals surface area contributed by atoms with E-state index < -0.39 is 0 Å². The van der Waals surface area contributed by atoms with Crippen LogP contribution >= 0.6 is 0 Å². The molecule has 2 atom stereocenters. The van der Waals surface area contributed by atoms with E-state index in [4.69, 9.17) is 9.47 Å². The lowest BCUT2D eigenvalue weighted by Crippen LogP contribution is -2.29. The monoisotopic (exact) mass is 292 g/mol. The van der Waals surface area contributed by atoms with E-state index in [1.807, 2.05) is 0 Å². The van der Waals surface area contributed by atoms with Crippen molar-refractivity contribution in [3.8, 4) is 11.5 Å². The largest absolute Gasteiger partial charge is 0.496 e. The van der Waals surface area contributed by atoms with Crippen molar-refractivity contribution in [2.24, 2.45) is 0 Å². The number of ether oxygens (including phenoxy) is 2. The number of nitrogens with zero attached hydrogens (tertiary/aromatic N) is 1. The Morgan fingerprint density at radius 3 is 2.86 bits per heavy atom. The van der Waals surface area contributed by atoms with Crippen LogP contribution in [0.25, 0.3) is 0 Å². The van der Waals surface area contributed by atoms with Gasteiger partial charge in [-0.25, -0.2) is 0 Å². The molecule has 0 saturated carbocycles. The van der Waals surface area contributed by atoms with E-state index in [2.05, 4.69) is 50.3 Å². The molecular weight excluding hydrogens is 264 g/mol. The number of hydrogen-bond donors (Lipinski definition) is 1. The van der Waals surface area contributed by atoms with Crippen LogP contribution in [-0.4, -0.2) is 44.8 Å². The number of benzene rings is 1. The number of hydrogen-bond acceptors (Lipinski definition) is 4. The van der Waals surface area contributed by atoms with Crippen LogP contribution < -0.4 is 14.8 Å². The second-order valence-electron chi connectivity index (χ2n) is 6.28. The molecule has 0 saturated heterocycles. The Bertz CT molecular complexity index is 474. The van der Waals surface area contributed by atoms with Gasteiger partial charge in [0.2, 0.25) is 0 Å². The van der Waals surface area contributed by atoms with Gasteiger partial charge < -0.3 is 19.7 Å². The summed E-state index contributed by atoms with van der Waals surface area (Å²) in [5.41, 5.74) is 2.42. The van der Waals surface area contributed by atoms with Crippen LogP contribution in [-0.2, 0) is 13.0 Å². The molecule has 21 heavy (non-hydrogen) atoms. The van der Waals surface area contributed by atoms with E-state index in [1.165, 1.54) is 11.1 Å². The van der Waals surface area contributed by atoms with Gasteiger partial charge in [0.1, 0.15) is 17.6 Å². The van der Waals surface area contributed by atoms with Gasteiger partial charge in [-0.15, -0.1) is 0 Å². The molecule has 0 fully saturated rings. The lowest BCUT2D eigenvalue weighted by atomic mass is 10.1. The first-order chi connectivity index (χ1) is 9.99. The molecule has 1 aliphatic heterocycles. The first kappa shape index (κ1) is 16.1. The van der Waals surface area contributed by atoms with Gasteiger partial charge in [-0.3, -0.25) is 0 Å². The zero-order valence-electron chi connectivity index (χ0n) is 13.9. The predicted molar refractivity (Wildman–Crippen MR) is 86.3 cm³/mol. The number of fused-ring (bicyclic) bond motifs is 1. The molecule has 2 unspecified atom stereocenters. The van der Waals surface area contributed by atoms with E-state index in [9.17, 15) is 0 Å². The molecule has 0 aromatic heterocycles. The molecular formula is C17H28N2O2.